The summed E-state index contributed by atoms with van der Waals surface area (Å²) in [7, 11) is 0. The quantitative estimate of drug-likeness (QED) is 0.727. The molecule has 26 heavy (non-hydrogen) atoms. The van der Waals surface area contributed by atoms with Crippen LogP contribution in [0.3, 0.4) is 0 Å². The smallest absolute Gasteiger partial charge is 0.274 e. The van der Waals surface area contributed by atoms with E-state index in [0.29, 0.717) is 5.69 Å². The molecule has 0 N–H and O–H groups in total. The van der Waals surface area contributed by atoms with Crippen LogP contribution in [0.1, 0.15) is 46.3 Å². The van der Waals surface area contributed by atoms with Crippen molar-refractivity contribution in [2.45, 2.75) is 25.3 Å². The average molecular weight is 344 g/mol. The van der Waals surface area contributed by atoms with E-state index in [1.807, 2.05) is 41.3 Å². The molecule has 130 valence electrons. The third-order valence-electron chi connectivity index (χ3n) is 4.69. The van der Waals surface area contributed by atoms with Gasteiger partial charge in [0.15, 0.2) is 0 Å². The van der Waals surface area contributed by atoms with E-state index in [0.717, 1.165) is 37.2 Å². The van der Waals surface area contributed by atoms with Crippen molar-refractivity contribution in [3.05, 3.63) is 89.8 Å². The molecule has 1 atom stereocenters. The van der Waals surface area contributed by atoms with E-state index in [1.165, 1.54) is 11.8 Å². The summed E-state index contributed by atoms with van der Waals surface area (Å²) in [4.78, 5) is 27.7. The Kier molecular flexibility index (Phi) is 4.69. The van der Waals surface area contributed by atoms with Crippen LogP contribution < -0.4 is 0 Å². The van der Waals surface area contributed by atoms with Gasteiger partial charge in [0, 0.05) is 31.1 Å². The zero-order valence-electron chi connectivity index (χ0n) is 14.5. The minimum Gasteiger partial charge on any atom is -0.329 e. The molecule has 0 unspecified atom stereocenters. The first-order valence-corrected chi connectivity index (χ1v) is 8.88. The van der Waals surface area contributed by atoms with Gasteiger partial charge in [-0.15, -0.1) is 0 Å². The molecule has 3 heterocycles. The lowest BCUT2D eigenvalue weighted by Gasteiger charge is -2.24. The number of nitrogens with zero attached hydrogens (tertiary/aromatic N) is 4. The maximum Gasteiger partial charge on any atom is 0.274 e. The van der Waals surface area contributed by atoms with Crippen LogP contribution in [0, 0.1) is 0 Å². The Balaban J connectivity index is 1.56. The van der Waals surface area contributed by atoms with Gasteiger partial charge in [-0.25, -0.2) is 4.98 Å². The molecule has 3 aromatic rings. The normalized spacial score (nSPS) is 16.6. The Labute approximate surface area is 152 Å². The fourth-order valence-electron chi connectivity index (χ4n) is 3.46. The number of aromatic nitrogens is 3. The molecular weight excluding hydrogens is 324 g/mol. The van der Waals surface area contributed by atoms with Crippen LogP contribution in [0.15, 0.2) is 67.1 Å². The summed E-state index contributed by atoms with van der Waals surface area (Å²) in [5.74, 6) is -0.0733. The summed E-state index contributed by atoms with van der Waals surface area (Å²) >= 11 is 0. The number of hydrogen-bond acceptors (Lipinski definition) is 4. The van der Waals surface area contributed by atoms with Crippen molar-refractivity contribution in [1.82, 2.24) is 19.9 Å². The van der Waals surface area contributed by atoms with Crippen molar-refractivity contribution >= 4 is 5.91 Å². The Morgan fingerprint density at radius 1 is 1.08 bits per heavy atom. The minimum absolute atomic E-state index is 0.000212. The standard InChI is InChI=1S/C21H20N4O/c26-21(19-15-22-11-12-23-19)25-13-5-10-20(25)18-9-4-8-17(24-18)14-16-6-2-1-3-7-16/h1-4,6-9,11-12,15,20H,5,10,13-14H2/t20-/m0/s1. The Hall–Kier alpha value is -3.08. The SMILES string of the molecule is O=C(c1cnccn1)N1CCC[C@H]1c1cccc(Cc2ccccc2)n1. The molecule has 5 heteroatoms. The summed E-state index contributed by atoms with van der Waals surface area (Å²) in [5, 5.41) is 0. The number of carbonyl (C=O) groups is 1. The fraction of sp³-hybridized carbons (Fsp3) is 0.238. The summed E-state index contributed by atoms with van der Waals surface area (Å²) in [5.41, 5.74) is 3.59. The Bertz CT molecular complexity index is 883. The van der Waals surface area contributed by atoms with E-state index >= 15 is 0 Å². The average Bonchev–Trinajstić information content (AvgIpc) is 3.19. The van der Waals surface area contributed by atoms with Crippen molar-refractivity contribution in [2.75, 3.05) is 6.54 Å². The van der Waals surface area contributed by atoms with Gasteiger partial charge in [-0.3, -0.25) is 14.8 Å². The van der Waals surface area contributed by atoms with Crippen LogP contribution in [0.2, 0.25) is 0 Å². The van der Waals surface area contributed by atoms with Gasteiger partial charge in [0.2, 0.25) is 0 Å². The molecule has 0 aliphatic carbocycles. The monoisotopic (exact) mass is 344 g/mol. The number of hydrogen-bond donors (Lipinski definition) is 0. The van der Waals surface area contributed by atoms with Gasteiger partial charge < -0.3 is 4.90 Å². The van der Waals surface area contributed by atoms with Gasteiger partial charge in [-0.1, -0.05) is 36.4 Å². The number of carbonyl (C=O) groups excluding carboxylic acids is 1. The molecule has 0 spiro atoms. The Morgan fingerprint density at radius 2 is 1.96 bits per heavy atom. The van der Waals surface area contributed by atoms with Crippen molar-refractivity contribution in [1.29, 1.82) is 0 Å². The van der Waals surface area contributed by atoms with E-state index in [9.17, 15) is 4.79 Å². The lowest BCUT2D eigenvalue weighted by Crippen LogP contribution is -2.31. The highest BCUT2D eigenvalue weighted by Gasteiger charge is 2.32. The number of pyridine rings is 1. The van der Waals surface area contributed by atoms with Gasteiger partial charge in [0.25, 0.3) is 5.91 Å². The van der Waals surface area contributed by atoms with Crippen LogP contribution in [0.4, 0.5) is 0 Å². The minimum atomic E-state index is -0.0733. The second-order valence-corrected chi connectivity index (χ2v) is 6.46. The molecule has 1 aromatic carbocycles. The second kappa shape index (κ2) is 7.44. The summed E-state index contributed by atoms with van der Waals surface area (Å²) in [6.45, 7) is 0.727. The molecule has 1 aliphatic rings. The van der Waals surface area contributed by atoms with E-state index < -0.39 is 0 Å². The molecule has 1 aliphatic heterocycles. The zero-order chi connectivity index (χ0) is 17.8. The lowest BCUT2D eigenvalue weighted by atomic mass is 10.1. The van der Waals surface area contributed by atoms with Crippen molar-refractivity contribution in [2.24, 2.45) is 0 Å². The summed E-state index contributed by atoms with van der Waals surface area (Å²) in [6, 6.07) is 16.4. The lowest BCUT2D eigenvalue weighted by molar-refractivity contribution is 0.0726. The van der Waals surface area contributed by atoms with E-state index in [-0.39, 0.29) is 11.9 Å². The van der Waals surface area contributed by atoms with Crippen LogP contribution in [0.5, 0.6) is 0 Å². The number of amides is 1. The van der Waals surface area contributed by atoms with Crippen LogP contribution in [0.25, 0.3) is 0 Å². The van der Waals surface area contributed by atoms with E-state index in [2.05, 4.69) is 22.1 Å². The van der Waals surface area contributed by atoms with Crippen molar-refractivity contribution in [3.8, 4) is 0 Å². The van der Waals surface area contributed by atoms with Gasteiger partial charge in [0.05, 0.1) is 17.9 Å². The van der Waals surface area contributed by atoms with Crippen LogP contribution >= 0.6 is 0 Å². The molecule has 0 saturated carbocycles. The maximum absolute atomic E-state index is 12.8. The van der Waals surface area contributed by atoms with Gasteiger partial charge in [-0.2, -0.15) is 0 Å². The third kappa shape index (κ3) is 3.47. The van der Waals surface area contributed by atoms with Gasteiger partial charge in [0.1, 0.15) is 5.69 Å². The number of rotatable bonds is 4. The molecule has 0 radical (unpaired) electrons. The molecular formula is C21H20N4O. The first-order chi connectivity index (χ1) is 12.8. The van der Waals surface area contributed by atoms with Crippen molar-refractivity contribution < 1.29 is 4.79 Å². The van der Waals surface area contributed by atoms with Crippen molar-refractivity contribution in [3.63, 3.8) is 0 Å². The maximum atomic E-state index is 12.8. The third-order valence-corrected chi connectivity index (χ3v) is 4.69. The van der Waals surface area contributed by atoms with Gasteiger partial charge >= 0.3 is 0 Å². The van der Waals surface area contributed by atoms with E-state index in [4.69, 9.17) is 4.98 Å². The predicted molar refractivity (Wildman–Crippen MR) is 98.5 cm³/mol. The molecule has 4 rings (SSSR count). The highest BCUT2D eigenvalue weighted by atomic mass is 16.2. The molecule has 1 saturated heterocycles. The largest absolute Gasteiger partial charge is 0.329 e. The zero-order valence-corrected chi connectivity index (χ0v) is 14.5. The molecule has 2 aromatic heterocycles. The Morgan fingerprint density at radius 3 is 2.77 bits per heavy atom. The van der Waals surface area contributed by atoms with E-state index in [1.54, 1.807) is 12.4 Å². The topological polar surface area (TPSA) is 59.0 Å². The highest BCUT2D eigenvalue weighted by Crippen LogP contribution is 2.32. The second-order valence-electron chi connectivity index (χ2n) is 6.46. The fourth-order valence-corrected chi connectivity index (χ4v) is 3.46. The molecule has 0 bridgehead atoms. The number of benzene rings is 1. The first-order valence-electron chi connectivity index (χ1n) is 8.88. The van der Waals surface area contributed by atoms with Gasteiger partial charge in [-0.05, 0) is 30.5 Å². The summed E-state index contributed by atoms with van der Waals surface area (Å²) < 4.78 is 0. The molecule has 1 fully saturated rings. The number of likely N-dealkylation sites (tertiary alicyclic amines) is 1. The highest BCUT2D eigenvalue weighted by molar-refractivity contribution is 5.92. The van der Waals surface area contributed by atoms with Crippen LogP contribution in [-0.2, 0) is 6.42 Å². The molecule has 1 amide bonds. The van der Waals surface area contributed by atoms with Crippen LogP contribution in [-0.4, -0.2) is 32.3 Å². The molecule has 5 nitrogen and oxygen atoms in total. The predicted octanol–water partition coefficient (Wildman–Crippen LogP) is 3.44. The first kappa shape index (κ1) is 16.4. The summed E-state index contributed by atoms with van der Waals surface area (Å²) in [6.07, 6.45) is 7.34.